The van der Waals surface area contributed by atoms with Gasteiger partial charge in [-0.25, -0.2) is 13.4 Å². The molecule has 0 fully saturated rings. The van der Waals surface area contributed by atoms with Gasteiger partial charge in [0.05, 0.1) is 56.4 Å². The van der Waals surface area contributed by atoms with Crippen LogP contribution >= 0.6 is 7.55 Å². The van der Waals surface area contributed by atoms with Crippen molar-refractivity contribution in [1.29, 1.82) is 0 Å². The summed E-state index contributed by atoms with van der Waals surface area (Å²) in [6.45, 7) is 7.29. The summed E-state index contributed by atoms with van der Waals surface area (Å²) in [5.41, 5.74) is 1.79. The van der Waals surface area contributed by atoms with Gasteiger partial charge in [-0.15, -0.1) is 0 Å². The lowest BCUT2D eigenvalue weighted by molar-refractivity contribution is 0.0772. The fourth-order valence-corrected chi connectivity index (χ4v) is 7.17. The highest BCUT2D eigenvalue weighted by Gasteiger charge is 2.33. The molecular formula is C31H42N4O7PS+. The maximum Gasteiger partial charge on any atom is 0.254 e. The summed E-state index contributed by atoms with van der Waals surface area (Å²) in [6, 6.07) is 11.4. The van der Waals surface area contributed by atoms with Crippen molar-refractivity contribution in [2.75, 3.05) is 33.0 Å². The van der Waals surface area contributed by atoms with E-state index in [-0.39, 0.29) is 54.1 Å². The van der Waals surface area contributed by atoms with Gasteiger partial charge >= 0.3 is 0 Å². The predicted octanol–water partition coefficient (Wildman–Crippen LogP) is 3.10. The van der Waals surface area contributed by atoms with Gasteiger partial charge in [0.15, 0.2) is 0 Å². The lowest BCUT2D eigenvalue weighted by Gasteiger charge is -2.29. The molecule has 0 saturated heterocycles. The van der Waals surface area contributed by atoms with Gasteiger partial charge in [0.25, 0.3) is 11.8 Å². The number of amides is 2. The van der Waals surface area contributed by atoms with Crippen LogP contribution in [0, 0.1) is 12.8 Å². The van der Waals surface area contributed by atoms with E-state index >= 15 is 0 Å². The number of aliphatic hydroxyl groups excluding tert-OH is 2. The zero-order valence-electron chi connectivity index (χ0n) is 25.8. The zero-order chi connectivity index (χ0) is 32.6. The molecule has 0 bridgehead atoms. The molecule has 0 aliphatic rings. The molecule has 0 radical (unpaired) electrons. The van der Waals surface area contributed by atoms with Crippen molar-refractivity contribution in [1.82, 2.24) is 19.5 Å². The summed E-state index contributed by atoms with van der Waals surface area (Å²) in [4.78, 5) is 32.1. The first-order valence-electron chi connectivity index (χ1n) is 14.2. The second kappa shape index (κ2) is 15.5. The monoisotopic (exact) mass is 645 g/mol. The summed E-state index contributed by atoms with van der Waals surface area (Å²) in [5, 5.41) is 23.5. The molecule has 3 N–H and O–H groups in total. The number of hydrogen-bond donors (Lipinski definition) is 3. The Hall–Kier alpha value is -3.41. The van der Waals surface area contributed by atoms with Gasteiger partial charge in [0, 0.05) is 31.3 Å². The topological polar surface area (TPSA) is 153 Å². The van der Waals surface area contributed by atoms with E-state index < -0.39 is 35.6 Å². The number of benzene rings is 2. The van der Waals surface area contributed by atoms with E-state index in [1.807, 2.05) is 20.5 Å². The molecule has 3 unspecified atom stereocenters. The second-order valence-electron chi connectivity index (χ2n) is 11.3. The average molecular weight is 646 g/mol. The van der Waals surface area contributed by atoms with Crippen molar-refractivity contribution in [3.05, 3.63) is 83.1 Å². The first-order chi connectivity index (χ1) is 20.7. The number of rotatable bonds is 15. The molecule has 0 aliphatic carbocycles. The van der Waals surface area contributed by atoms with Crippen LogP contribution in [0.25, 0.3) is 0 Å². The number of aromatic nitrogens is 1. The highest BCUT2D eigenvalue weighted by Crippen LogP contribution is 2.22. The molecule has 1 aromatic heterocycles. The molecule has 44 heavy (non-hydrogen) atoms. The molecule has 3 aromatic rings. The first kappa shape index (κ1) is 35.1. The first-order valence-corrected chi connectivity index (χ1v) is 17.8. The van der Waals surface area contributed by atoms with Gasteiger partial charge in [-0.1, -0.05) is 32.0 Å². The molecule has 3 rings (SSSR count). The highest BCUT2D eigenvalue weighted by atomic mass is 32.2. The Balaban J connectivity index is 1.79. The number of nitrogens with zero attached hydrogens (tertiary/aromatic N) is 3. The molecule has 0 spiro atoms. The van der Waals surface area contributed by atoms with Crippen molar-refractivity contribution in [2.24, 2.45) is 5.92 Å². The molecule has 2 amide bonds. The number of carbonyl (C=O) groups excluding carboxylic acids is 2. The highest BCUT2D eigenvalue weighted by molar-refractivity contribution is 7.89. The largest absolute Gasteiger partial charge is 0.447 e. The number of oxazole rings is 1. The maximum atomic E-state index is 13.6. The fourth-order valence-electron chi connectivity index (χ4n) is 4.54. The van der Waals surface area contributed by atoms with Crippen molar-refractivity contribution in [3.8, 4) is 0 Å². The smallest absolute Gasteiger partial charge is 0.254 e. The van der Waals surface area contributed by atoms with E-state index in [2.05, 4.69) is 16.6 Å². The summed E-state index contributed by atoms with van der Waals surface area (Å²) in [5.74, 6) is -0.485. The number of aliphatic hydroxyl groups is 2. The van der Waals surface area contributed by atoms with E-state index in [4.69, 9.17) is 4.42 Å². The van der Waals surface area contributed by atoms with E-state index in [1.54, 1.807) is 44.3 Å². The molecule has 0 saturated carbocycles. The predicted molar refractivity (Wildman–Crippen MR) is 172 cm³/mol. The minimum absolute atomic E-state index is 0.0381. The Morgan fingerprint density at radius 3 is 2.34 bits per heavy atom. The number of carbonyl (C=O) groups is 2. The third kappa shape index (κ3) is 9.54. The molecule has 13 heteroatoms. The normalized spacial score (nSPS) is 13.5. The van der Waals surface area contributed by atoms with E-state index in [0.717, 1.165) is 0 Å². The van der Waals surface area contributed by atoms with Crippen LogP contribution in [0.4, 0.5) is 0 Å². The Labute approximate surface area is 260 Å². The summed E-state index contributed by atoms with van der Waals surface area (Å²) in [6.07, 6.45) is 4.67. The van der Waals surface area contributed by atoms with Crippen molar-refractivity contribution in [3.63, 3.8) is 0 Å². The van der Waals surface area contributed by atoms with Gasteiger partial charge in [-0.05, 0) is 48.7 Å². The maximum absolute atomic E-state index is 13.6. The molecule has 1 heterocycles. The summed E-state index contributed by atoms with van der Waals surface area (Å²) < 4.78 is 33.7. The summed E-state index contributed by atoms with van der Waals surface area (Å²) in [7, 11) is -3.21. The number of aryl methyl sites for hydroxylation is 1. The van der Waals surface area contributed by atoms with Crippen LogP contribution in [0.1, 0.15) is 51.7 Å². The van der Waals surface area contributed by atoms with Gasteiger partial charge in [-0.3, -0.25) is 9.59 Å². The second-order valence-corrected chi connectivity index (χ2v) is 15.3. The third-order valence-electron chi connectivity index (χ3n) is 6.75. The molecular weight excluding hydrogens is 603 g/mol. The van der Waals surface area contributed by atoms with E-state index in [9.17, 15) is 28.2 Å². The van der Waals surface area contributed by atoms with Gasteiger partial charge < -0.3 is 24.8 Å². The van der Waals surface area contributed by atoms with Gasteiger partial charge in [0.2, 0.25) is 15.9 Å². The fraction of sp³-hybridized carbons (Fsp3) is 0.419. The molecule has 0 aliphatic heterocycles. The molecule has 2 aromatic carbocycles. The zero-order valence-corrected chi connectivity index (χ0v) is 27.5. The van der Waals surface area contributed by atoms with Crippen LogP contribution in [0.15, 0.2) is 64.1 Å². The number of sulfonamides is 1. The standard InChI is InChI=1S/C31H41N4O7PS/c1-21(2)15-35(44(40,41)26-12-10-23(18-36)11-13-26)16-28(37)27(20-43(5)6)33-30(38)24-8-7-9-25(14-24)31(39)34(4)17-29-32-22(3)19-42-29/h7-14,19,21,27-28,36-37H,5,15-18,20H2,1-4,6H3/p+1. The number of hydrogen-bond acceptors (Lipinski definition) is 8. The lowest BCUT2D eigenvalue weighted by Crippen LogP contribution is -2.51. The Morgan fingerprint density at radius 1 is 1.11 bits per heavy atom. The molecule has 238 valence electrons. The van der Waals surface area contributed by atoms with Crippen LogP contribution < -0.4 is 5.32 Å². The van der Waals surface area contributed by atoms with Crippen LogP contribution in [0.5, 0.6) is 0 Å². The average Bonchev–Trinajstić information content (AvgIpc) is 3.39. The van der Waals surface area contributed by atoms with Crippen molar-refractivity contribution in [2.45, 2.75) is 51.0 Å². The quantitative estimate of drug-likeness (QED) is 0.213. The Morgan fingerprint density at radius 2 is 1.77 bits per heavy atom. The van der Waals surface area contributed by atoms with Gasteiger partial charge in [0.1, 0.15) is 12.4 Å². The molecule has 3 atom stereocenters. The SMILES string of the molecule is C=[P+](C)CC(NC(=O)c1cccc(C(=O)N(C)Cc2nc(C)co2)c1)C(O)CN(CC(C)C)S(=O)(=O)c1ccc(CO)cc1. The van der Waals surface area contributed by atoms with Gasteiger partial charge in [-0.2, -0.15) is 4.31 Å². The van der Waals surface area contributed by atoms with E-state index in [0.29, 0.717) is 23.3 Å². The van der Waals surface area contributed by atoms with E-state index in [1.165, 1.54) is 33.7 Å². The van der Waals surface area contributed by atoms with Crippen LogP contribution in [-0.2, 0) is 23.2 Å². The third-order valence-corrected chi connectivity index (χ3v) is 9.61. The Bertz CT molecular complexity index is 1560. The van der Waals surface area contributed by atoms with Crippen LogP contribution in [0.3, 0.4) is 0 Å². The summed E-state index contributed by atoms with van der Waals surface area (Å²) >= 11 is 0. The van der Waals surface area contributed by atoms with Crippen molar-refractivity contribution < 1.29 is 32.6 Å². The number of nitrogens with one attached hydrogen (secondary N) is 1. The minimum Gasteiger partial charge on any atom is -0.447 e. The molecule has 11 nitrogen and oxygen atoms in total. The van der Waals surface area contributed by atoms with Crippen LogP contribution in [0.2, 0.25) is 0 Å². The van der Waals surface area contributed by atoms with Crippen molar-refractivity contribution >= 4 is 35.7 Å². The Kier molecular flexibility index (Phi) is 12.4. The lowest BCUT2D eigenvalue weighted by atomic mass is 10.1. The van der Waals surface area contributed by atoms with Crippen LogP contribution in [-0.4, -0.2) is 96.0 Å². The minimum atomic E-state index is -3.99.